The molecule has 0 spiro atoms. The molecule has 0 aliphatic heterocycles. The average molecular weight is 373 g/mol. The number of methoxy groups -OCH3 is 1. The van der Waals surface area contributed by atoms with Gasteiger partial charge in [0.1, 0.15) is 17.2 Å². The SMILES string of the molecule is CCOc1ccc(OCC)c(NC(=O)COc2cccc(C(=O)OC)c2)c1. The third-order valence-corrected chi connectivity index (χ3v) is 3.46. The summed E-state index contributed by atoms with van der Waals surface area (Å²) in [4.78, 5) is 23.8. The van der Waals surface area contributed by atoms with Gasteiger partial charge < -0.3 is 24.3 Å². The Balaban J connectivity index is 2.03. The summed E-state index contributed by atoms with van der Waals surface area (Å²) in [5.41, 5.74) is 0.846. The third kappa shape index (κ3) is 5.91. The van der Waals surface area contributed by atoms with E-state index >= 15 is 0 Å². The van der Waals surface area contributed by atoms with Gasteiger partial charge in [-0.05, 0) is 44.2 Å². The van der Waals surface area contributed by atoms with E-state index in [0.29, 0.717) is 41.7 Å². The molecule has 0 radical (unpaired) electrons. The third-order valence-electron chi connectivity index (χ3n) is 3.46. The Morgan fingerprint density at radius 3 is 2.37 bits per heavy atom. The first kappa shape index (κ1) is 20.1. The lowest BCUT2D eigenvalue weighted by Gasteiger charge is -2.14. The van der Waals surface area contributed by atoms with Crippen LogP contribution in [0.15, 0.2) is 42.5 Å². The number of esters is 1. The number of anilines is 1. The highest BCUT2D eigenvalue weighted by Gasteiger charge is 2.11. The van der Waals surface area contributed by atoms with Crippen molar-refractivity contribution < 1.29 is 28.5 Å². The zero-order valence-electron chi connectivity index (χ0n) is 15.6. The Morgan fingerprint density at radius 2 is 1.67 bits per heavy atom. The van der Waals surface area contributed by atoms with Gasteiger partial charge in [-0.1, -0.05) is 6.07 Å². The maximum absolute atomic E-state index is 12.3. The van der Waals surface area contributed by atoms with Crippen LogP contribution < -0.4 is 19.5 Å². The van der Waals surface area contributed by atoms with E-state index in [9.17, 15) is 9.59 Å². The van der Waals surface area contributed by atoms with E-state index in [0.717, 1.165) is 0 Å². The fraction of sp³-hybridized carbons (Fsp3) is 0.300. The molecule has 0 heterocycles. The molecule has 0 bridgehead atoms. The summed E-state index contributed by atoms with van der Waals surface area (Å²) in [7, 11) is 1.30. The van der Waals surface area contributed by atoms with Crippen LogP contribution in [0.25, 0.3) is 0 Å². The molecule has 7 heteroatoms. The van der Waals surface area contributed by atoms with Gasteiger partial charge in [0.05, 0.1) is 31.6 Å². The summed E-state index contributed by atoms with van der Waals surface area (Å²) in [6.07, 6.45) is 0. The van der Waals surface area contributed by atoms with E-state index in [-0.39, 0.29) is 12.5 Å². The number of rotatable bonds is 9. The van der Waals surface area contributed by atoms with Crippen LogP contribution >= 0.6 is 0 Å². The Hall–Kier alpha value is -3.22. The van der Waals surface area contributed by atoms with E-state index in [4.69, 9.17) is 14.2 Å². The van der Waals surface area contributed by atoms with Gasteiger partial charge in [0, 0.05) is 6.07 Å². The van der Waals surface area contributed by atoms with Crippen LogP contribution in [0.5, 0.6) is 17.2 Å². The Bertz CT molecular complexity index is 790. The number of hydrogen-bond donors (Lipinski definition) is 1. The Labute approximate surface area is 158 Å². The van der Waals surface area contributed by atoms with Crippen molar-refractivity contribution in [3.8, 4) is 17.2 Å². The van der Waals surface area contributed by atoms with Crippen molar-refractivity contribution in [2.45, 2.75) is 13.8 Å². The van der Waals surface area contributed by atoms with E-state index < -0.39 is 5.97 Å². The topological polar surface area (TPSA) is 83.1 Å². The van der Waals surface area contributed by atoms with Crippen molar-refractivity contribution in [3.63, 3.8) is 0 Å². The molecule has 0 saturated heterocycles. The lowest BCUT2D eigenvalue weighted by atomic mass is 10.2. The second kappa shape index (κ2) is 10.1. The molecule has 0 atom stereocenters. The number of benzene rings is 2. The van der Waals surface area contributed by atoms with Crippen molar-refractivity contribution in [2.75, 3.05) is 32.2 Å². The fourth-order valence-corrected chi connectivity index (χ4v) is 2.31. The molecule has 0 fully saturated rings. The standard InChI is InChI=1S/C20H23NO6/c1-4-25-16-9-10-18(26-5-2)17(12-16)21-19(22)13-27-15-8-6-7-14(11-15)20(23)24-3/h6-12H,4-5,13H2,1-3H3,(H,21,22). The minimum absolute atomic E-state index is 0.227. The molecule has 1 amide bonds. The Kier molecular flexibility index (Phi) is 7.49. The van der Waals surface area contributed by atoms with Crippen LogP contribution in [0.1, 0.15) is 24.2 Å². The van der Waals surface area contributed by atoms with Crippen LogP contribution in [-0.2, 0) is 9.53 Å². The first-order chi connectivity index (χ1) is 13.1. The van der Waals surface area contributed by atoms with Crippen LogP contribution in [0, 0.1) is 0 Å². The summed E-state index contributed by atoms with van der Waals surface area (Å²) in [5.74, 6) is 0.721. The quantitative estimate of drug-likeness (QED) is 0.679. The molecule has 2 aromatic carbocycles. The molecule has 144 valence electrons. The zero-order valence-corrected chi connectivity index (χ0v) is 15.6. The van der Waals surface area contributed by atoms with Crippen molar-refractivity contribution in [1.29, 1.82) is 0 Å². The van der Waals surface area contributed by atoms with Gasteiger partial charge in [-0.3, -0.25) is 4.79 Å². The predicted octanol–water partition coefficient (Wildman–Crippen LogP) is 3.29. The normalized spacial score (nSPS) is 10.0. The van der Waals surface area contributed by atoms with Crippen molar-refractivity contribution in [1.82, 2.24) is 0 Å². The van der Waals surface area contributed by atoms with Crippen molar-refractivity contribution in [2.24, 2.45) is 0 Å². The summed E-state index contributed by atoms with van der Waals surface area (Å²) in [6.45, 7) is 4.49. The summed E-state index contributed by atoms with van der Waals surface area (Å²) >= 11 is 0. The summed E-state index contributed by atoms with van der Waals surface area (Å²) < 4.78 is 21.1. The highest BCUT2D eigenvalue weighted by Crippen LogP contribution is 2.29. The Morgan fingerprint density at radius 1 is 0.926 bits per heavy atom. The maximum Gasteiger partial charge on any atom is 0.337 e. The smallest absolute Gasteiger partial charge is 0.337 e. The molecule has 0 aliphatic carbocycles. The number of amides is 1. The number of carbonyl (C=O) groups is 2. The lowest BCUT2D eigenvalue weighted by Crippen LogP contribution is -2.20. The molecule has 2 rings (SSSR count). The molecular weight excluding hydrogens is 350 g/mol. The summed E-state index contributed by atoms with van der Waals surface area (Å²) in [5, 5.41) is 2.75. The van der Waals surface area contributed by atoms with Gasteiger partial charge >= 0.3 is 5.97 Å². The van der Waals surface area contributed by atoms with E-state index in [1.807, 2.05) is 13.8 Å². The predicted molar refractivity (Wildman–Crippen MR) is 101 cm³/mol. The van der Waals surface area contributed by atoms with Gasteiger partial charge in [-0.25, -0.2) is 4.79 Å². The average Bonchev–Trinajstić information content (AvgIpc) is 2.68. The fourth-order valence-electron chi connectivity index (χ4n) is 2.31. The molecule has 2 aromatic rings. The molecule has 7 nitrogen and oxygen atoms in total. The lowest BCUT2D eigenvalue weighted by molar-refractivity contribution is -0.118. The van der Waals surface area contributed by atoms with Crippen LogP contribution in [0.3, 0.4) is 0 Å². The van der Waals surface area contributed by atoms with Crippen LogP contribution in [0.2, 0.25) is 0 Å². The second-order valence-corrected chi connectivity index (χ2v) is 5.38. The number of hydrogen-bond acceptors (Lipinski definition) is 6. The van der Waals surface area contributed by atoms with E-state index in [1.54, 1.807) is 36.4 Å². The summed E-state index contributed by atoms with van der Waals surface area (Å²) in [6, 6.07) is 11.6. The molecule has 0 unspecified atom stereocenters. The number of carbonyl (C=O) groups excluding carboxylic acids is 2. The molecule has 0 saturated carbocycles. The van der Waals surface area contributed by atoms with Crippen molar-refractivity contribution in [3.05, 3.63) is 48.0 Å². The van der Waals surface area contributed by atoms with Gasteiger partial charge in [0.15, 0.2) is 6.61 Å². The molecule has 1 N–H and O–H groups in total. The molecule has 27 heavy (non-hydrogen) atoms. The molecule has 0 aromatic heterocycles. The van der Waals surface area contributed by atoms with Gasteiger partial charge in [-0.2, -0.15) is 0 Å². The maximum atomic E-state index is 12.3. The first-order valence-electron chi connectivity index (χ1n) is 8.58. The minimum Gasteiger partial charge on any atom is -0.494 e. The largest absolute Gasteiger partial charge is 0.494 e. The van der Waals surface area contributed by atoms with Crippen molar-refractivity contribution >= 4 is 17.6 Å². The van der Waals surface area contributed by atoms with Gasteiger partial charge in [0.25, 0.3) is 5.91 Å². The minimum atomic E-state index is -0.473. The van der Waals surface area contributed by atoms with E-state index in [2.05, 4.69) is 10.1 Å². The first-order valence-corrected chi connectivity index (χ1v) is 8.58. The van der Waals surface area contributed by atoms with E-state index in [1.165, 1.54) is 13.2 Å². The highest BCUT2D eigenvalue weighted by molar-refractivity contribution is 5.93. The van der Waals surface area contributed by atoms with Gasteiger partial charge in [-0.15, -0.1) is 0 Å². The number of ether oxygens (including phenoxy) is 4. The van der Waals surface area contributed by atoms with Crippen LogP contribution in [0.4, 0.5) is 5.69 Å². The molecular formula is C20H23NO6. The highest BCUT2D eigenvalue weighted by atomic mass is 16.5. The van der Waals surface area contributed by atoms with Gasteiger partial charge in [0.2, 0.25) is 0 Å². The molecule has 0 aliphatic rings. The second-order valence-electron chi connectivity index (χ2n) is 5.38. The monoisotopic (exact) mass is 373 g/mol. The zero-order chi connectivity index (χ0) is 19.6. The van der Waals surface area contributed by atoms with Crippen LogP contribution in [-0.4, -0.2) is 38.8 Å². The number of nitrogens with one attached hydrogen (secondary N) is 1.